The van der Waals surface area contributed by atoms with E-state index in [0.29, 0.717) is 22.3 Å². The molecule has 0 fully saturated rings. The van der Waals surface area contributed by atoms with Crippen LogP contribution in [0.2, 0.25) is 0 Å². The number of fused-ring (bicyclic) bond motifs is 1. The van der Waals surface area contributed by atoms with Gasteiger partial charge in [0, 0.05) is 13.0 Å². The number of carbonyl (C=O) groups is 1. The second-order valence-electron chi connectivity index (χ2n) is 5.45. The molecule has 0 saturated carbocycles. The quantitative estimate of drug-likeness (QED) is 0.745. The van der Waals surface area contributed by atoms with Crippen LogP contribution in [0.25, 0.3) is 16.6 Å². The second kappa shape index (κ2) is 5.28. The molecular formula is C16H16N4O3. The number of H-pyrrole nitrogens is 1. The van der Waals surface area contributed by atoms with Crippen LogP contribution in [0, 0.1) is 13.8 Å². The van der Waals surface area contributed by atoms with Crippen LogP contribution in [0.3, 0.4) is 0 Å². The minimum absolute atomic E-state index is 0.276. The van der Waals surface area contributed by atoms with Crippen LogP contribution in [0.15, 0.2) is 39.9 Å². The minimum atomic E-state index is -0.414. The number of nitrogens with one attached hydrogen (secondary N) is 2. The molecule has 0 radical (unpaired) electrons. The highest BCUT2D eigenvalue weighted by atomic mass is 16.2. The number of benzene rings is 1. The van der Waals surface area contributed by atoms with Gasteiger partial charge in [0.1, 0.15) is 0 Å². The van der Waals surface area contributed by atoms with E-state index in [4.69, 9.17) is 0 Å². The summed E-state index contributed by atoms with van der Waals surface area (Å²) >= 11 is 0. The normalized spacial score (nSPS) is 10.9. The maximum Gasteiger partial charge on any atom is 0.280 e. The van der Waals surface area contributed by atoms with Gasteiger partial charge in [-0.05, 0) is 31.5 Å². The molecule has 23 heavy (non-hydrogen) atoms. The van der Waals surface area contributed by atoms with Crippen LogP contribution in [0.1, 0.15) is 18.2 Å². The molecule has 0 spiro atoms. The number of carbonyl (C=O) groups excluding carboxylic acids is 1. The molecule has 0 bridgehead atoms. The minimum Gasteiger partial charge on any atom is -0.290 e. The third kappa shape index (κ3) is 2.46. The molecule has 0 saturated heterocycles. The van der Waals surface area contributed by atoms with Crippen LogP contribution in [-0.2, 0) is 4.79 Å². The molecule has 2 aromatic heterocycles. The van der Waals surface area contributed by atoms with Gasteiger partial charge < -0.3 is 0 Å². The first-order chi connectivity index (χ1) is 10.9. The van der Waals surface area contributed by atoms with Gasteiger partial charge in [-0.3, -0.25) is 24.9 Å². The number of nitrogens with zero attached hydrogens (tertiary/aromatic N) is 2. The van der Waals surface area contributed by atoms with Gasteiger partial charge in [0.25, 0.3) is 11.1 Å². The molecule has 0 aliphatic carbocycles. The lowest BCUT2D eigenvalue weighted by Gasteiger charge is -2.09. The molecule has 0 unspecified atom stereocenters. The third-order valence-corrected chi connectivity index (χ3v) is 3.63. The Labute approximate surface area is 131 Å². The smallest absolute Gasteiger partial charge is 0.280 e. The molecule has 2 N–H and O–H groups in total. The highest BCUT2D eigenvalue weighted by Crippen LogP contribution is 2.13. The van der Waals surface area contributed by atoms with Crippen molar-refractivity contribution in [1.82, 2.24) is 14.5 Å². The van der Waals surface area contributed by atoms with E-state index in [0.717, 1.165) is 10.2 Å². The third-order valence-electron chi connectivity index (χ3n) is 3.63. The summed E-state index contributed by atoms with van der Waals surface area (Å²) in [6, 6.07) is 8.76. The lowest BCUT2D eigenvalue weighted by Crippen LogP contribution is -2.33. The fraction of sp³-hybridized carbons (Fsp3) is 0.188. The Morgan fingerprint density at radius 3 is 2.57 bits per heavy atom. The average Bonchev–Trinajstić information content (AvgIpc) is 2.80. The first-order valence-corrected chi connectivity index (χ1v) is 7.10. The van der Waals surface area contributed by atoms with Crippen molar-refractivity contribution in [3.05, 3.63) is 62.3 Å². The van der Waals surface area contributed by atoms with Gasteiger partial charge in [0.15, 0.2) is 0 Å². The monoisotopic (exact) mass is 312 g/mol. The number of hydrogen-bond acceptors (Lipinski definition) is 3. The van der Waals surface area contributed by atoms with Gasteiger partial charge in [-0.25, -0.2) is 9.36 Å². The Morgan fingerprint density at radius 1 is 1.17 bits per heavy atom. The van der Waals surface area contributed by atoms with Gasteiger partial charge >= 0.3 is 0 Å². The summed E-state index contributed by atoms with van der Waals surface area (Å²) < 4.78 is 2.47. The molecule has 7 nitrogen and oxygen atoms in total. The molecule has 3 aromatic rings. The zero-order valence-electron chi connectivity index (χ0n) is 13.0. The summed E-state index contributed by atoms with van der Waals surface area (Å²) in [6.45, 7) is 4.86. The predicted octanol–water partition coefficient (Wildman–Crippen LogP) is 1.19. The van der Waals surface area contributed by atoms with E-state index in [1.165, 1.54) is 17.7 Å². The summed E-state index contributed by atoms with van der Waals surface area (Å²) in [5.41, 5.74) is 4.25. The zero-order chi connectivity index (χ0) is 16.7. The van der Waals surface area contributed by atoms with E-state index in [1.54, 1.807) is 13.0 Å². The lowest BCUT2D eigenvalue weighted by atomic mass is 10.2. The second-order valence-corrected chi connectivity index (χ2v) is 5.45. The fourth-order valence-electron chi connectivity index (χ4n) is 2.62. The SMILES string of the molecule is CC(=O)Nn1c(C)c2c(=O)n(-c3cccc(C)c3)[nH]c2cc1=O. The molecule has 7 heteroatoms. The van der Waals surface area contributed by atoms with Gasteiger partial charge in [-0.15, -0.1) is 0 Å². The van der Waals surface area contributed by atoms with Crippen molar-refractivity contribution >= 4 is 16.8 Å². The summed E-state index contributed by atoms with van der Waals surface area (Å²) in [4.78, 5) is 36.1. The topological polar surface area (TPSA) is 88.9 Å². The van der Waals surface area contributed by atoms with Gasteiger partial charge in [-0.1, -0.05) is 12.1 Å². The lowest BCUT2D eigenvalue weighted by molar-refractivity contribution is -0.115. The van der Waals surface area contributed by atoms with Crippen LogP contribution >= 0.6 is 0 Å². The van der Waals surface area contributed by atoms with E-state index in [2.05, 4.69) is 10.5 Å². The van der Waals surface area contributed by atoms with E-state index >= 15 is 0 Å². The van der Waals surface area contributed by atoms with Crippen molar-refractivity contribution in [2.24, 2.45) is 0 Å². The highest BCUT2D eigenvalue weighted by molar-refractivity contribution is 5.84. The van der Waals surface area contributed by atoms with Crippen molar-refractivity contribution in [1.29, 1.82) is 0 Å². The molecule has 118 valence electrons. The predicted molar refractivity (Wildman–Crippen MR) is 87.7 cm³/mol. The Bertz CT molecular complexity index is 1040. The van der Waals surface area contributed by atoms with Crippen molar-refractivity contribution in [2.45, 2.75) is 20.8 Å². The van der Waals surface area contributed by atoms with Gasteiger partial charge in [0.05, 0.1) is 22.3 Å². The van der Waals surface area contributed by atoms with Crippen molar-refractivity contribution in [3.8, 4) is 5.69 Å². The molecule has 0 aliphatic heterocycles. The van der Waals surface area contributed by atoms with E-state index in [-0.39, 0.29) is 11.5 Å². The first-order valence-electron chi connectivity index (χ1n) is 7.10. The van der Waals surface area contributed by atoms with Crippen molar-refractivity contribution in [2.75, 3.05) is 5.43 Å². The van der Waals surface area contributed by atoms with Crippen LogP contribution < -0.4 is 16.5 Å². The first kappa shape index (κ1) is 14.8. The summed E-state index contributed by atoms with van der Waals surface area (Å²) in [5, 5.41) is 3.31. The summed E-state index contributed by atoms with van der Waals surface area (Å²) in [5.74, 6) is -0.385. The van der Waals surface area contributed by atoms with E-state index in [9.17, 15) is 14.4 Å². The average molecular weight is 312 g/mol. The Balaban J connectivity index is 2.32. The Morgan fingerprint density at radius 2 is 1.91 bits per heavy atom. The molecule has 1 amide bonds. The number of amides is 1. The number of rotatable bonds is 2. The van der Waals surface area contributed by atoms with Crippen LogP contribution in [-0.4, -0.2) is 20.4 Å². The molecule has 3 rings (SSSR count). The molecular weight excluding hydrogens is 296 g/mol. The van der Waals surface area contributed by atoms with E-state index < -0.39 is 5.56 Å². The number of pyridine rings is 1. The fourth-order valence-corrected chi connectivity index (χ4v) is 2.62. The number of aromatic nitrogens is 3. The van der Waals surface area contributed by atoms with Gasteiger partial charge in [-0.2, -0.15) is 0 Å². The van der Waals surface area contributed by atoms with Crippen molar-refractivity contribution < 1.29 is 4.79 Å². The molecule has 0 atom stereocenters. The molecule has 0 aliphatic rings. The maximum absolute atomic E-state index is 12.7. The van der Waals surface area contributed by atoms with Crippen molar-refractivity contribution in [3.63, 3.8) is 0 Å². The number of aryl methyl sites for hydroxylation is 2. The number of aromatic amines is 1. The largest absolute Gasteiger partial charge is 0.290 e. The Kier molecular flexibility index (Phi) is 3.40. The van der Waals surface area contributed by atoms with Crippen LogP contribution in [0.5, 0.6) is 0 Å². The standard InChI is InChI=1S/C16H16N4O3/c1-9-5-4-6-12(7-9)20-16(23)15-10(2)19(17-11(3)21)14(22)8-13(15)18-20/h4-8,18H,1-3H3,(H,17,21). The zero-order valence-corrected chi connectivity index (χ0v) is 13.0. The molecule has 2 heterocycles. The highest BCUT2D eigenvalue weighted by Gasteiger charge is 2.15. The number of hydrogen-bond donors (Lipinski definition) is 2. The summed E-state index contributed by atoms with van der Waals surface area (Å²) in [6.07, 6.45) is 0. The maximum atomic E-state index is 12.7. The van der Waals surface area contributed by atoms with Crippen LogP contribution in [0.4, 0.5) is 0 Å². The molecule has 1 aromatic carbocycles. The summed E-state index contributed by atoms with van der Waals surface area (Å²) in [7, 11) is 0. The Hall–Kier alpha value is -3.09. The van der Waals surface area contributed by atoms with Gasteiger partial charge in [0.2, 0.25) is 5.91 Å². The van der Waals surface area contributed by atoms with E-state index in [1.807, 2.05) is 25.1 Å².